The van der Waals surface area contributed by atoms with Gasteiger partial charge in [-0.3, -0.25) is 14.4 Å². The predicted octanol–water partition coefficient (Wildman–Crippen LogP) is 2.67. The van der Waals surface area contributed by atoms with Crippen LogP contribution in [0.4, 0.5) is 0 Å². The molecule has 0 aliphatic rings. The minimum Gasteiger partial charge on any atom is -0.488 e. The smallest absolute Gasteiger partial charge is 0.326 e. The highest BCUT2D eigenvalue weighted by molar-refractivity contribution is 5.97. The summed E-state index contributed by atoms with van der Waals surface area (Å²) in [6.45, 7) is 5.70. The Kier molecular flexibility index (Phi) is 11.8. The average Bonchev–Trinajstić information content (AvgIpc) is 3.46. The molecule has 0 spiro atoms. The van der Waals surface area contributed by atoms with Gasteiger partial charge in [-0.25, -0.2) is 9.78 Å². The summed E-state index contributed by atoms with van der Waals surface area (Å²) in [5, 5.41) is 17.2. The van der Waals surface area contributed by atoms with Crippen LogP contribution in [0.2, 0.25) is 0 Å². The Hall–Kier alpha value is -4.71. The van der Waals surface area contributed by atoms with E-state index in [1.807, 2.05) is 39.0 Å². The topological polar surface area (TPSA) is 186 Å². The number of nitrogens with one attached hydrogen (secondary N) is 3. The zero-order valence-electron chi connectivity index (χ0n) is 24.6. The number of unbranched alkanes of at least 4 members (excludes halogenated alkanes) is 1. The lowest BCUT2D eigenvalue weighted by atomic mass is 10.1. The molecule has 0 unspecified atom stereocenters. The molecule has 12 nitrogen and oxygen atoms in total. The second kappa shape index (κ2) is 15.5. The third kappa shape index (κ3) is 10.9. The van der Waals surface area contributed by atoms with Crippen molar-refractivity contribution < 1.29 is 33.4 Å². The SMILES string of the molecule is CC(C)(C)Oc1ccc(C[C@H](NC(=O)CNC(=O)[C@H](CCCCN)NC(=O)c2coc(-c3ccccc3)n2)C(=O)O)cc1. The number of benzene rings is 2. The van der Waals surface area contributed by atoms with E-state index < -0.39 is 42.3 Å². The molecule has 0 radical (unpaired) electrons. The Balaban J connectivity index is 1.57. The number of ether oxygens (including phenoxy) is 1. The average molecular weight is 594 g/mol. The Morgan fingerprint density at radius 2 is 1.67 bits per heavy atom. The van der Waals surface area contributed by atoms with Crippen LogP contribution >= 0.6 is 0 Å². The van der Waals surface area contributed by atoms with Gasteiger partial charge in [-0.2, -0.15) is 0 Å². The van der Waals surface area contributed by atoms with E-state index >= 15 is 0 Å². The van der Waals surface area contributed by atoms with Gasteiger partial charge < -0.3 is 35.9 Å². The Labute approximate surface area is 250 Å². The first-order chi connectivity index (χ1) is 20.4. The van der Waals surface area contributed by atoms with Gasteiger partial charge in [0.15, 0.2) is 5.69 Å². The summed E-state index contributed by atoms with van der Waals surface area (Å²) < 4.78 is 11.2. The van der Waals surface area contributed by atoms with E-state index in [0.29, 0.717) is 36.3 Å². The standard InChI is InChI=1S/C31H39N5O7/c1-31(2,3)43-22-14-12-20(13-15-22)17-24(30(40)41)34-26(37)18-33-27(38)23(11-7-8-16-32)35-28(39)25-19-42-29(36-25)21-9-5-4-6-10-21/h4-6,9-10,12-15,19,23-24H,7-8,11,16-18,32H2,1-3H3,(H,33,38)(H,34,37)(H,35,39)(H,40,41)/t23-,24-/m0/s1. The maximum absolute atomic E-state index is 13.0. The third-order valence-corrected chi connectivity index (χ3v) is 6.17. The molecule has 0 aliphatic carbocycles. The van der Waals surface area contributed by atoms with E-state index in [1.165, 1.54) is 6.26 Å². The van der Waals surface area contributed by atoms with E-state index in [0.717, 1.165) is 0 Å². The number of carbonyl (C=O) groups is 4. The molecule has 3 amide bonds. The molecule has 6 N–H and O–H groups in total. The third-order valence-electron chi connectivity index (χ3n) is 6.17. The van der Waals surface area contributed by atoms with E-state index in [9.17, 15) is 24.3 Å². The van der Waals surface area contributed by atoms with Gasteiger partial charge in [0.05, 0.1) is 6.54 Å². The van der Waals surface area contributed by atoms with E-state index in [4.69, 9.17) is 14.9 Å². The molecule has 1 aromatic heterocycles. The molecular weight excluding hydrogens is 554 g/mol. The van der Waals surface area contributed by atoms with Gasteiger partial charge in [-0.05, 0) is 76.4 Å². The molecule has 3 rings (SSSR count). The van der Waals surface area contributed by atoms with Gasteiger partial charge in [0, 0.05) is 12.0 Å². The lowest BCUT2D eigenvalue weighted by Crippen LogP contribution is -2.51. The molecule has 43 heavy (non-hydrogen) atoms. The maximum atomic E-state index is 13.0. The molecule has 12 heteroatoms. The predicted molar refractivity (Wildman–Crippen MR) is 159 cm³/mol. The van der Waals surface area contributed by atoms with Crippen LogP contribution in [0.3, 0.4) is 0 Å². The molecule has 0 aliphatic heterocycles. The normalized spacial score (nSPS) is 12.6. The van der Waals surface area contributed by atoms with Gasteiger partial charge in [0.25, 0.3) is 5.91 Å². The summed E-state index contributed by atoms with van der Waals surface area (Å²) in [7, 11) is 0. The second-order valence-electron chi connectivity index (χ2n) is 11.0. The zero-order chi connectivity index (χ0) is 31.4. The van der Waals surface area contributed by atoms with Crippen molar-refractivity contribution in [2.24, 2.45) is 5.73 Å². The first kappa shape index (κ1) is 32.8. The second-order valence-corrected chi connectivity index (χ2v) is 11.0. The quantitative estimate of drug-likeness (QED) is 0.165. The van der Waals surface area contributed by atoms with Crippen molar-refractivity contribution in [2.45, 2.75) is 64.1 Å². The Morgan fingerprint density at radius 3 is 2.30 bits per heavy atom. The molecule has 1 heterocycles. The Morgan fingerprint density at radius 1 is 0.977 bits per heavy atom. The number of oxazole rings is 1. The van der Waals surface area contributed by atoms with Crippen LogP contribution in [-0.4, -0.2) is 64.6 Å². The number of carboxylic acids is 1. The highest BCUT2D eigenvalue weighted by atomic mass is 16.5. The van der Waals surface area contributed by atoms with Gasteiger partial charge >= 0.3 is 5.97 Å². The summed E-state index contributed by atoms with van der Waals surface area (Å²) in [6, 6.07) is 13.8. The fraction of sp³-hybridized carbons (Fsp3) is 0.387. The van der Waals surface area contributed by atoms with Crippen molar-refractivity contribution in [1.29, 1.82) is 0 Å². The van der Waals surface area contributed by atoms with Crippen LogP contribution < -0.4 is 26.4 Å². The monoisotopic (exact) mass is 593 g/mol. The molecule has 3 aromatic rings. The number of hydrogen-bond donors (Lipinski definition) is 5. The van der Waals surface area contributed by atoms with Crippen LogP contribution in [0, 0.1) is 0 Å². The van der Waals surface area contributed by atoms with Crippen molar-refractivity contribution >= 4 is 23.7 Å². The number of rotatable bonds is 15. The first-order valence-electron chi connectivity index (χ1n) is 14.0. The number of aliphatic carboxylic acids is 1. The number of nitrogens with zero attached hydrogens (tertiary/aromatic N) is 1. The zero-order valence-corrected chi connectivity index (χ0v) is 24.6. The van der Waals surface area contributed by atoms with Gasteiger partial charge in [-0.15, -0.1) is 0 Å². The molecule has 0 fully saturated rings. The van der Waals surface area contributed by atoms with Crippen LogP contribution in [0.15, 0.2) is 65.3 Å². The van der Waals surface area contributed by atoms with E-state index in [1.54, 1.807) is 36.4 Å². The first-order valence-corrected chi connectivity index (χ1v) is 14.0. The van der Waals surface area contributed by atoms with Gasteiger partial charge in [-0.1, -0.05) is 30.3 Å². The van der Waals surface area contributed by atoms with Crippen LogP contribution in [0.1, 0.15) is 56.1 Å². The summed E-state index contributed by atoms with van der Waals surface area (Å²) in [6.07, 6.45) is 2.69. The van der Waals surface area contributed by atoms with Crippen LogP contribution in [0.5, 0.6) is 5.75 Å². The van der Waals surface area contributed by atoms with Gasteiger partial charge in [0.2, 0.25) is 17.7 Å². The number of aromatic nitrogens is 1. The maximum Gasteiger partial charge on any atom is 0.326 e. The minimum absolute atomic E-state index is 0.00415. The fourth-order valence-corrected chi connectivity index (χ4v) is 4.10. The number of nitrogens with two attached hydrogens (primary N) is 1. The number of carbonyl (C=O) groups excluding carboxylic acids is 3. The Bertz CT molecular complexity index is 1370. The number of hydrogen-bond acceptors (Lipinski definition) is 8. The fourth-order valence-electron chi connectivity index (χ4n) is 4.10. The molecule has 0 saturated carbocycles. The van der Waals surface area contributed by atoms with Crippen molar-refractivity contribution in [3.8, 4) is 17.2 Å². The molecule has 0 saturated heterocycles. The summed E-state index contributed by atoms with van der Waals surface area (Å²) >= 11 is 0. The highest BCUT2D eigenvalue weighted by Gasteiger charge is 2.25. The summed E-state index contributed by atoms with van der Waals surface area (Å²) in [4.78, 5) is 54.5. The van der Waals surface area contributed by atoms with Crippen LogP contribution in [0.25, 0.3) is 11.5 Å². The molecular formula is C31H39N5O7. The van der Waals surface area contributed by atoms with Crippen molar-refractivity contribution in [3.63, 3.8) is 0 Å². The largest absolute Gasteiger partial charge is 0.488 e. The van der Waals surface area contributed by atoms with Crippen molar-refractivity contribution in [2.75, 3.05) is 13.1 Å². The van der Waals surface area contributed by atoms with Crippen molar-refractivity contribution in [3.05, 3.63) is 72.1 Å². The van der Waals surface area contributed by atoms with Crippen LogP contribution in [-0.2, 0) is 20.8 Å². The van der Waals surface area contributed by atoms with Crippen molar-refractivity contribution in [1.82, 2.24) is 20.9 Å². The highest BCUT2D eigenvalue weighted by Crippen LogP contribution is 2.20. The number of amides is 3. The minimum atomic E-state index is -1.22. The van der Waals surface area contributed by atoms with Gasteiger partial charge in [0.1, 0.15) is 29.7 Å². The molecule has 2 atom stereocenters. The summed E-state index contributed by atoms with van der Waals surface area (Å²) in [5.41, 5.74) is 6.57. The van der Waals surface area contributed by atoms with E-state index in [-0.39, 0.29) is 30.0 Å². The molecule has 230 valence electrons. The molecule has 0 bridgehead atoms. The molecule has 2 aromatic carbocycles. The summed E-state index contributed by atoms with van der Waals surface area (Å²) in [5.74, 6) is -2.23. The number of carboxylic acid groups (broad SMARTS) is 1. The van der Waals surface area contributed by atoms with E-state index in [2.05, 4.69) is 20.9 Å². The lowest BCUT2D eigenvalue weighted by molar-refractivity contribution is -0.141. The lowest BCUT2D eigenvalue weighted by Gasteiger charge is -2.21.